The molecule has 0 N–H and O–H groups in total. The third kappa shape index (κ3) is 5.68. The number of allylic oxidation sites excluding steroid dienone is 7. The van der Waals surface area contributed by atoms with Gasteiger partial charge in [0.2, 0.25) is 0 Å². The second-order valence-electron chi connectivity index (χ2n) is 5.48. The van der Waals surface area contributed by atoms with E-state index in [1.54, 1.807) is 0 Å². The fourth-order valence-corrected chi connectivity index (χ4v) is 2.18. The summed E-state index contributed by atoms with van der Waals surface area (Å²) in [5.74, 6) is -0.454. The van der Waals surface area contributed by atoms with Crippen molar-refractivity contribution in [3.63, 3.8) is 0 Å². The Labute approximate surface area is 121 Å². The molecule has 0 aromatic rings. The molecule has 0 atom stereocenters. The van der Waals surface area contributed by atoms with E-state index in [9.17, 15) is 8.78 Å². The van der Waals surface area contributed by atoms with Gasteiger partial charge in [0.05, 0.1) is 0 Å². The standard InChI is InChI=1S/C18H24F2/c1-5-13(2)6-7-14(3)10-15(4)11-16-12-17(19)8-9-18(16)20/h12H,2-11H2,1H3. The molecule has 0 heterocycles. The molecular weight excluding hydrogens is 254 g/mol. The fraction of sp³-hybridized carbons (Fsp3) is 0.444. The maximum atomic E-state index is 13.6. The van der Waals surface area contributed by atoms with Gasteiger partial charge < -0.3 is 0 Å². The molecule has 1 aliphatic carbocycles. The van der Waals surface area contributed by atoms with Crippen molar-refractivity contribution in [1.82, 2.24) is 0 Å². The third-order valence-electron chi connectivity index (χ3n) is 3.54. The highest BCUT2D eigenvalue weighted by atomic mass is 19.1. The van der Waals surface area contributed by atoms with Crippen LogP contribution in [0.15, 0.2) is 59.8 Å². The lowest BCUT2D eigenvalue weighted by Gasteiger charge is -2.14. The first-order valence-corrected chi connectivity index (χ1v) is 7.16. The second-order valence-corrected chi connectivity index (χ2v) is 5.48. The Morgan fingerprint density at radius 2 is 1.70 bits per heavy atom. The molecule has 0 bridgehead atoms. The summed E-state index contributed by atoms with van der Waals surface area (Å²) in [6.45, 7) is 14.0. The minimum Gasteiger partial charge on any atom is -0.212 e. The van der Waals surface area contributed by atoms with Gasteiger partial charge in [-0.15, -0.1) is 0 Å². The van der Waals surface area contributed by atoms with Gasteiger partial charge in [-0.05, 0) is 43.8 Å². The average molecular weight is 278 g/mol. The summed E-state index contributed by atoms with van der Waals surface area (Å²) >= 11 is 0. The molecule has 1 rings (SSSR count). The SMILES string of the molecule is C=C(CC)CCC(=C)CC(=C)CC1=C(F)CCC(F)=C1. The number of hydrogen-bond acceptors (Lipinski definition) is 0. The average Bonchev–Trinajstić information content (AvgIpc) is 2.40. The van der Waals surface area contributed by atoms with Crippen LogP contribution in [0.4, 0.5) is 8.78 Å². The van der Waals surface area contributed by atoms with E-state index < -0.39 is 0 Å². The molecule has 0 saturated heterocycles. The Morgan fingerprint density at radius 3 is 2.35 bits per heavy atom. The Balaban J connectivity index is 2.44. The summed E-state index contributed by atoms with van der Waals surface area (Å²) in [5, 5.41) is 0. The van der Waals surface area contributed by atoms with Gasteiger partial charge in [-0.2, -0.15) is 0 Å². The van der Waals surface area contributed by atoms with Crippen molar-refractivity contribution in [2.75, 3.05) is 0 Å². The topological polar surface area (TPSA) is 0 Å². The predicted octanol–water partition coefficient (Wildman–Crippen LogP) is 6.50. The highest BCUT2D eigenvalue weighted by Crippen LogP contribution is 2.30. The van der Waals surface area contributed by atoms with Crippen LogP contribution in [0.5, 0.6) is 0 Å². The van der Waals surface area contributed by atoms with Crippen LogP contribution in [0.1, 0.15) is 51.9 Å². The van der Waals surface area contributed by atoms with E-state index in [1.165, 1.54) is 11.6 Å². The molecule has 0 radical (unpaired) electrons. The quantitative estimate of drug-likeness (QED) is 0.445. The molecule has 0 spiro atoms. The fourth-order valence-electron chi connectivity index (χ4n) is 2.18. The molecule has 20 heavy (non-hydrogen) atoms. The van der Waals surface area contributed by atoms with E-state index in [2.05, 4.69) is 26.7 Å². The van der Waals surface area contributed by atoms with Crippen LogP contribution in [0.2, 0.25) is 0 Å². The molecule has 0 fully saturated rings. The molecule has 2 heteroatoms. The zero-order valence-electron chi connectivity index (χ0n) is 12.4. The largest absolute Gasteiger partial charge is 0.212 e. The van der Waals surface area contributed by atoms with Gasteiger partial charge in [0.15, 0.2) is 0 Å². The summed E-state index contributed by atoms with van der Waals surface area (Å²) < 4.78 is 26.8. The zero-order chi connectivity index (χ0) is 15.1. The van der Waals surface area contributed by atoms with Crippen LogP contribution >= 0.6 is 0 Å². The molecule has 0 aliphatic heterocycles. The lowest BCUT2D eigenvalue weighted by Crippen LogP contribution is -1.97. The molecule has 110 valence electrons. The molecule has 0 amide bonds. The van der Waals surface area contributed by atoms with E-state index in [0.29, 0.717) is 18.4 Å². The summed E-state index contributed by atoms with van der Waals surface area (Å²) in [4.78, 5) is 0. The normalized spacial score (nSPS) is 15.1. The van der Waals surface area contributed by atoms with E-state index in [1.807, 2.05) is 0 Å². The number of halogens is 2. The smallest absolute Gasteiger partial charge is 0.104 e. The van der Waals surface area contributed by atoms with Crippen LogP contribution in [0.3, 0.4) is 0 Å². The van der Waals surface area contributed by atoms with Gasteiger partial charge in [-0.1, -0.05) is 43.4 Å². The first-order valence-electron chi connectivity index (χ1n) is 7.16. The van der Waals surface area contributed by atoms with Gasteiger partial charge >= 0.3 is 0 Å². The second kappa shape index (κ2) is 7.98. The molecule has 1 aliphatic rings. The first kappa shape index (κ1) is 16.6. The van der Waals surface area contributed by atoms with Crippen LogP contribution < -0.4 is 0 Å². The minimum absolute atomic E-state index is 0.169. The lowest BCUT2D eigenvalue weighted by atomic mass is 9.94. The van der Waals surface area contributed by atoms with Gasteiger partial charge in [0, 0.05) is 12.8 Å². The maximum Gasteiger partial charge on any atom is 0.104 e. The van der Waals surface area contributed by atoms with Gasteiger partial charge in [-0.25, -0.2) is 8.78 Å². The highest BCUT2D eigenvalue weighted by Gasteiger charge is 2.14. The van der Waals surface area contributed by atoms with E-state index in [0.717, 1.165) is 30.4 Å². The Morgan fingerprint density at radius 1 is 1.05 bits per heavy atom. The van der Waals surface area contributed by atoms with Crippen molar-refractivity contribution in [3.05, 3.63) is 59.8 Å². The predicted molar refractivity (Wildman–Crippen MR) is 82.7 cm³/mol. The van der Waals surface area contributed by atoms with Crippen LogP contribution in [-0.4, -0.2) is 0 Å². The molecule has 0 aromatic carbocycles. The van der Waals surface area contributed by atoms with E-state index >= 15 is 0 Å². The molecule has 0 aromatic heterocycles. The van der Waals surface area contributed by atoms with E-state index in [4.69, 9.17) is 0 Å². The monoisotopic (exact) mass is 278 g/mol. The molecule has 0 saturated carbocycles. The summed E-state index contributed by atoms with van der Waals surface area (Å²) in [6, 6.07) is 0. The number of rotatable bonds is 8. The van der Waals surface area contributed by atoms with Crippen LogP contribution in [-0.2, 0) is 0 Å². The van der Waals surface area contributed by atoms with Gasteiger partial charge in [-0.3, -0.25) is 0 Å². The molecule has 0 nitrogen and oxygen atoms in total. The summed E-state index contributed by atoms with van der Waals surface area (Å²) in [5.41, 5.74) is 3.60. The summed E-state index contributed by atoms with van der Waals surface area (Å²) in [6.07, 6.45) is 5.53. The van der Waals surface area contributed by atoms with E-state index in [-0.39, 0.29) is 24.5 Å². The Kier molecular flexibility index (Phi) is 6.63. The molecular formula is C18H24F2. The first-order chi connectivity index (χ1) is 9.42. The van der Waals surface area contributed by atoms with Gasteiger partial charge in [0.1, 0.15) is 11.7 Å². The van der Waals surface area contributed by atoms with Gasteiger partial charge in [0.25, 0.3) is 0 Å². The summed E-state index contributed by atoms with van der Waals surface area (Å²) in [7, 11) is 0. The highest BCUT2D eigenvalue weighted by molar-refractivity contribution is 5.33. The Hall–Kier alpha value is -1.44. The van der Waals surface area contributed by atoms with Crippen molar-refractivity contribution in [2.24, 2.45) is 0 Å². The van der Waals surface area contributed by atoms with Crippen molar-refractivity contribution in [3.8, 4) is 0 Å². The van der Waals surface area contributed by atoms with Crippen molar-refractivity contribution < 1.29 is 8.78 Å². The third-order valence-corrected chi connectivity index (χ3v) is 3.54. The lowest BCUT2D eigenvalue weighted by molar-refractivity contribution is 0.514. The van der Waals surface area contributed by atoms with Crippen molar-refractivity contribution in [2.45, 2.75) is 51.9 Å². The van der Waals surface area contributed by atoms with Crippen LogP contribution in [0.25, 0.3) is 0 Å². The van der Waals surface area contributed by atoms with Crippen LogP contribution in [0, 0.1) is 0 Å². The maximum absolute atomic E-state index is 13.6. The molecule has 0 unspecified atom stereocenters. The van der Waals surface area contributed by atoms with Crippen molar-refractivity contribution >= 4 is 0 Å². The number of hydrogen-bond donors (Lipinski definition) is 0. The van der Waals surface area contributed by atoms with Crippen molar-refractivity contribution in [1.29, 1.82) is 0 Å². The zero-order valence-corrected chi connectivity index (χ0v) is 12.4. The minimum atomic E-state index is -0.243. The Bertz CT molecular complexity index is 464.